The van der Waals surface area contributed by atoms with Crippen LogP contribution in [0.25, 0.3) is 22.5 Å². The Kier molecular flexibility index (Phi) is 3.96. The number of esters is 1. The monoisotopic (exact) mass is 348 g/mol. The zero-order valence-electron chi connectivity index (χ0n) is 14.1. The Hall–Kier alpha value is -3.48. The van der Waals surface area contributed by atoms with Gasteiger partial charge in [-0.3, -0.25) is 14.5 Å². The Labute approximate surface area is 149 Å². The summed E-state index contributed by atoms with van der Waals surface area (Å²) < 4.78 is 6.43. The van der Waals surface area contributed by atoms with Crippen LogP contribution >= 0.6 is 0 Å². The second kappa shape index (κ2) is 6.44. The Morgan fingerprint density at radius 2 is 1.92 bits per heavy atom. The van der Waals surface area contributed by atoms with Gasteiger partial charge in [0.15, 0.2) is 0 Å². The third kappa shape index (κ3) is 2.83. The molecule has 3 aromatic rings. The van der Waals surface area contributed by atoms with Crippen LogP contribution in [-0.2, 0) is 11.3 Å². The highest BCUT2D eigenvalue weighted by Crippen LogP contribution is 2.25. The zero-order chi connectivity index (χ0) is 18.1. The van der Waals surface area contributed by atoms with Gasteiger partial charge >= 0.3 is 5.97 Å². The smallest absolute Gasteiger partial charge is 0.337 e. The number of ether oxygens (including phenoxy) is 1. The van der Waals surface area contributed by atoms with Crippen LogP contribution in [-0.4, -0.2) is 40.3 Å². The number of carbonyl (C=O) groups excluding carboxylic acids is 2. The molecule has 4 rings (SSSR count). The summed E-state index contributed by atoms with van der Waals surface area (Å²) >= 11 is 0. The van der Waals surface area contributed by atoms with Crippen molar-refractivity contribution >= 4 is 11.9 Å². The molecular weight excluding hydrogens is 332 g/mol. The van der Waals surface area contributed by atoms with Crippen LogP contribution in [0.15, 0.2) is 48.7 Å². The highest BCUT2D eigenvalue weighted by molar-refractivity contribution is 5.94. The summed E-state index contributed by atoms with van der Waals surface area (Å²) in [4.78, 5) is 27.8. The van der Waals surface area contributed by atoms with Crippen LogP contribution in [0.2, 0.25) is 0 Å². The molecule has 0 atom stereocenters. The minimum absolute atomic E-state index is 0.109. The number of carbonyl (C=O) groups is 2. The van der Waals surface area contributed by atoms with Gasteiger partial charge in [0, 0.05) is 23.9 Å². The van der Waals surface area contributed by atoms with Crippen molar-refractivity contribution in [2.45, 2.75) is 6.54 Å². The van der Waals surface area contributed by atoms with E-state index in [0.29, 0.717) is 24.3 Å². The van der Waals surface area contributed by atoms with Crippen LogP contribution in [0.1, 0.15) is 20.8 Å². The molecule has 7 heteroatoms. The number of benzene rings is 1. The number of hydrogen-bond acceptors (Lipinski definition) is 5. The van der Waals surface area contributed by atoms with Gasteiger partial charge in [-0.05, 0) is 30.3 Å². The first kappa shape index (κ1) is 16.0. The summed E-state index contributed by atoms with van der Waals surface area (Å²) in [5, 5.41) is 7.33. The fourth-order valence-electron chi connectivity index (χ4n) is 2.92. The first-order valence-corrected chi connectivity index (χ1v) is 8.17. The van der Waals surface area contributed by atoms with Crippen molar-refractivity contribution < 1.29 is 14.3 Å². The molecule has 0 spiro atoms. The van der Waals surface area contributed by atoms with Gasteiger partial charge in [0.2, 0.25) is 0 Å². The van der Waals surface area contributed by atoms with Gasteiger partial charge in [-0.15, -0.1) is 0 Å². The maximum Gasteiger partial charge on any atom is 0.337 e. The van der Waals surface area contributed by atoms with Gasteiger partial charge in [-0.2, -0.15) is 5.10 Å². The van der Waals surface area contributed by atoms with Crippen molar-refractivity contribution in [2.24, 2.45) is 0 Å². The quantitative estimate of drug-likeness (QED) is 0.733. The Bertz CT molecular complexity index is 992. The fourth-order valence-corrected chi connectivity index (χ4v) is 2.92. The molecule has 0 radical (unpaired) electrons. The lowest BCUT2D eigenvalue weighted by Crippen LogP contribution is -2.35. The molecule has 7 nitrogen and oxygen atoms in total. The van der Waals surface area contributed by atoms with E-state index < -0.39 is 0 Å². The predicted octanol–water partition coefficient (Wildman–Crippen LogP) is 2.14. The number of rotatable bonds is 3. The molecule has 0 saturated carbocycles. The van der Waals surface area contributed by atoms with Crippen LogP contribution in [0.5, 0.6) is 0 Å². The summed E-state index contributed by atoms with van der Waals surface area (Å²) in [6.45, 7) is 1.25. The van der Waals surface area contributed by atoms with E-state index in [0.717, 1.165) is 22.5 Å². The molecule has 0 aliphatic carbocycles. The van der Waals surface area contributed by atoms with Gasteiger partial charge in [0.25, 0.3) is 5.91 Å². The number of nitrogens with zero attached hydrogens (tertiary/aromatic N) is 3. The van der Waals surface area contributed by atoms with Crippen molar-refractivity contribution in [1.29, 1.82) is 0 Å². The van der Waals surface area contributed by atoms with Crippen LogP contribution in [0.3, 0.4) is 0 Å². The minimum atomic E-state index is -0.375. The summed E-state index contributed by atoms with van der Waals surface area (Å²) in [5.41, 5.74) is 4.29. The number of fused-ring (bicyclic) bond motifs is 1. The van der Waals surface area contributed by atoms with Crippen LogP contribution in [0, 0.1) is 0 Å². The van der Waals surface area contributed by atoms with Crippen molar-refractivity contribution in [3.8, 4) is 22.5 Å². The first-order valence-electron chi connectivity index (χ1n) is 8.17. The summed E-state index contributed by atoms with van der Waals surface area (Å²) in [6.07, 6.45) is 1.71. The number of aromatic nitrogens is 3. The van der Waals surface area contributed by atoms with E-state index in [2.05, 4.69) is 15.4 Å². The molecule has 2 aromatic heterocycles. The molecule has 1 aromatic carbocycles. The van der Waals surface area contributed by atoms with Crippen molar-refractivity contribution in [1.82, 2.24) is 20.1 Å². The lowest BCUT2D eigenvalue weighted by molar-refractivity contribution is 0.0600. The molecule has 26 heavy (non-hydrogen) atoms. The predicted molar refractivity (Wildman–Crippen MR) is 94.6 cm³/mol. The highest BCUT2D eigenvalue weighted by Gasteiger charge is 2.20. The van der Waals surface area contributed by atoms with E-state index in [9.17, 15) is 9.59 Å². The Morgan fingerprint density at radius 3 is 2.65 bits per heavy atom. The van der Waals surface area contributed by atoms with E-state index in [4.69, 9.17) is 4.74 Å². The third-order valence-corrected chi connectivity index (χ3v) is 4.28. The first-order chi connectivity index (χ1) is 12.7. The summed E-state index contributed by atoms with van der Waals surface area (Å²) in [5.74, 6) is -0.484. The lowest BCUT2D eigenvalue weighted by atomic mass is 10.1. The summed E-state index contributed by atoms with van der Waals surface area (Å²) in [7, 11) is 1.35. The molecule has 130 valence electrons. The number of hydrogen-bond donors (Lipinski definition) is 1. The van der Waals surface area contributed by atoms with Gasteiger partial charge < -0.3 is 10.1 Å². The SMILES string of the molecule is COC(=O)c1ccc(-c2cc(-c3cc4n(n3)CCNC4=O)ccn2)cc1. The van der Waals surface area contributed by atoms with E-state index in [-0.39, 0.29) is 11.9 Å². The van der Waals surface area contributed by atoms with Gasteiger partial charge in [0.1, 0.15) is 5.69 Å². The molecule has 1 aliphatic rings. The molecule has 0 bridgehead atoms. The number of methoxy groups -OCH3 is 1. The third-order valence-electron chi connectivity index (χ3n) is 4.28. The van der Waals surface area contributed by atoms with Crippen LogP contribution < -0.4 is 5.32 Å². The van der Waals surface area contributed by atoms with Gasteiger partial charge in [-0.25, -0.2) is 4.79 Å². The maximum absolute atomic E-state index is 11.9. The second-order valence-electron chi connectivity index (χ2n) is 5.89. The van der Waals surface area contributed by atoms with Gasteiger partial charge in [0.05, 0.1) is 30.6 Å². The van der Waals surface area contributed by atoms with Crippen LogP contribution in [0.4, 0.5) is 0 Å². The molecule has 1 N–H and O–H groups in total. The maximum atomic E-state index is 11.9. The van der Waals surface area contributed by atoms with Gasteiger partial charge in [-0.1, -0.05) is 12.1 Å². The number of nitrogens with one attached hydrogen (secondary N) is 1. The molecule has 0 saturated heterocycles. The average Bonchev–Trinajstić information content (AvgIpc) is 3.13. The van der Waals surface area contributed by atoms with Crippen molar-refractivity contribution in [2.75, 3.05) is 13.7 Å². The van der Waals surface area contributed by atoms with Crippen molar-refractivity contribution in [3.05, 3.63) is 59.9 Å². The average molecular weight is 348 g/mol. The normalized spacial score (nSPS) is 13.0. The van der Waals surface area contributed by atoms with E-state index in [1.807, 2.05) is 24.3 Å². The zero-order valence-corrected chi connectivity index (χ0v) is 14.1. The highest BCUT2D eigenvalue weighted by atomic mass is 16.5. The molecule has 0 unspecified atom stereocenters. The standard InChI is InChI=1S/C19H16N4O3/c1-26-19(25)13-4-2-12(3-5-13)15-10-14(6-7-20-15)16-11-17-18(24)21-8-9-23(17)22-16/h2-7,10-11H,8-9H2,1H3,(H,21,24). The molecular formula is C19H16N4O3. The minimum Gasteiger partial charge on any atom is -0.465 e. The topological polar surface area (TPSA) is 86.1 Å². The Balaban J connectivity index is 1.67. The summed E-state index contributed by atoms with van der Waals surface area (Å²) in [6, 6.07) is 12.6. The van der Waals surface area contributed by atoms with E-state index in [1.54, 1.807) is 29.1 Å². The number of pyridine rings is 1. The molecule has 1 amide bonds. The molecule has 3 heterocycles. The number of amides is 1. The van der Waals surface area contributed by atoms with E-state index in [1.165, 1.54) is 7.11 Å². The largest absolute Gasteiger partial charge is 0.465 e. The van der Waals surface area contributed by atoms with Crippen molar-refractivity contribution in [3.63, 3.8) is 0 Å². The fraction of sp³-hybridized carbons (Fsp3) is 0.158. The molecule has 0 fully saturated rings. The van der Waals surface area contributed by atoms with E-state index >= 15 is 0 Å². The second-order valence-corrected chi connectivity index (χ2v) is 5.89. The molecule has 1 aliphatic heterocycles. The Morgan fingerprint density at radius 1 is 1.12 bits per heavy atom. The lowest BCUT2D eigenvalue weighted by Gasteiger charge is -2.13.